The molecule has 0 radical (unpaired) electrons. The number of allylic oxidation sites excluding steroid dienone is 2. The fraction of sp³-hybridized carbons (Fsp3) is 0.500. The Bertz CT molecular complexity index is 149. The van der Waals surface area contributed by atoms with Gasteiger partial charge in [-0.05, 0) is 26.1 Å². The first-order chi connectivity index (χ1) is 4.33. The Morgan fingerprint density at radius 2 is 2.30 bits per heavy atom. The highest BCUT2D eigenvalue weighted by Crippen LogP contribution is 2.04. The van der Waals surface area contributed by atoms with Crippen molar-refractivity contribution in [2.75, 3.05) is 13.1 Å². The van der Waals surface area contributed by atoms with E-state index < -0.39 is 0 Å². The number of hydrogen-bond donors (Lipinski definition) is 0. The van der Waals surface area contributed by atoms with E-state index in [1.54, 1.807) is 0 Å². The van der Waals surface area contributed by atoms with Gasteiger partial charge < -0.3 is 4.90 Å². The molecular weight excluding hydrogens is 146 g/mol. The highest BCUT2D eigenvalue weighted by atomic mass is 35.5. The summed E-state index contributed by atoms with van der Waals surface area (Å²) in [6, 6.07) is 0. The van der Waals surface area contributed by atoms with Gasteiger partial charge in [0.25, 0.3) is 0 Å². The van der Waals surface area contributed by atoms with Crippen LogP contribution in [0, 0.1) is 0 Å². The maximum absolute atomic E-state index is 2.27. The Balaban J connectivity index is 0.000000810. The molecule has 1 heterocycles. The molecule has 10 heavy (non-hydrogen) atoms. The van der Waals surface area contributed by atoms with Gasteiger partial charge in [-0.3, -0.25) is 0 Å². The molecule has 0 aliphatic carbocycles. The molecule has 0 aromatic heterocycles. The molecule has 0 unspecified atom stereocenters. The second-order valence-electron chi connectivity index (χ2n) is 2.35. The predicted molar refractivity (Wildman–Crippen MR) is 47.4 cm³/mol. The molecular formula is C8H14ClN. The number of rotatable bonds is 1. The van der Waals surface area contributed by atoms with Crippen molar-refractivity contribution in [2.45, 2.75) is 13.8 Å². The van der Waals surface area contributed by atoms with Gasteiger partial charge in [0, 0.05) is 13.1 Å². The van der Waals surface area contributed by atoms with Gasteiger partial charge in [0.15, 0.2) is 0 Å². The van der Waals surface area contributed by atoms with Crippen LogP contribution in [-0.2, 0) is 0 Å². The lowest BCUT2D eigenvalue weighted by Crippen LogP contribution is -2.18. The molecule has 0 spiro atoms. The number of likely N-dealkylation sites (N-methyl/N-ethyl adjacent to an activating group) is 1. The lowest BCUT2D eigenvalue weighted by molar-refractivity contribution is 0.434. The van der Waals surface area contributed by atoms with Crippen molar-refractivity contribution in [1.82, 2.24) is 4.90 Å². The minimum Gasteiger partial charge on any atom is -0.374 e. The second kappa shape index (κ2) is 4.40. The maximum atomic E-state index is 2.27. The Morgan fingerprint density at radius 3 is 2.70 bits per heavy atom. The standard InChI is InChI=1S/C8H13N.ClH/c1-3-9-6-4-8(2)5-7-9;/h4-6H,3,7H2,1-2H3;1H. The summed E-state index contributed by atoms with van der Waals surface area (Å²) in [5, 5.41) is 0. The first-order valence-electron chi connectivity index (χ1n) is 3.42. The van der Waals surface area contributed by atoms with Gasteiger partial charge in [-0.1, -0.05) is 11.6 Å². The highest BCUT2D eigenvalue weighted by molar-refractivity contribution is 5.85. The summed E-state index contributed by atoms with van der Waals surface area (Å²) in [4.78, 5) is 2.27. The van der Waals surface area contributed by atoms with Gasteiger partial charge in [0.05, 0.1) is 0 Å². The molecule has 1 aliphatic heterocycles. The molecule has 0 aromatic rings. The maximum Gasteiger partial charge on any atom is 0.0359 e. The minimum absolute atomic E-state index is 0. The second-order valence-corrected chi connectivity index (χ2v) is 2.35. The van der Waals surface area contributed by atoms with Crippen LogP contribution >= 0.6 is 12.4 Å². The molecule has 0 bridgehead atoms. The first-order valence-corrected chi connectivity index (χ1v) is 3.42. The average Bonchev–Trinajstić information content (AvgIpc) is 1.90. The van der Waals surface area contributed by atoms with Crippen molar-refractivity contribution < 1.29 is 0 Å². The van der Waals surface area contributed by atoms with Gasteiger partial charge in [-0.15, -0.1) is 12.4 Å². The summed E-state index contributed by atoms with van der Waals surface area (Å²) in [5.41, 5.74) is 1.37. The molecule has 0 aromatic carbocycles. The predicted octanol–water partition coefficient (Wildman–Crippen LogP) is 2.20. The lowest BCUT2D eigenvalue weighted by atomic mass is 10.2. The topological polar surface area (TPSA) is 3.24 Å². The zero-order valence-electron chi connectivity index (χ0n) is 6.50. The highest BCUT2D eigenvalue weighted by Gasteiger charge is 1.96. The Kier molecular flexibility index (Phi) is 4.21. The molecule has 58 valence electrons. The van der Waals surface area contributed by atoms with Crippen LogP contribution in [0.1, 0.15) is 13.8 Å². The van der Waals surface area contributed by atoms with E-state index in [-0.39, 0.29) is 12.4 Å². The zero-order chi connectivity index (χ0) is 6.69. The van der Waals surface area contributed by atoms with E-state index in [2.05, 4.69) is 37.1 Å². The minimum atomic E-state index is 0. The van der Waals surface area contributed by atoms with E-state index >= 15 is 0 Å². The third kappa shape index (κ3) is 2.44. The smallest absolute Gasteiger partial charge is 0.0359 e. The van der Waals surface area contributed by atoms with Crippen LogP contribution < -0.4 is 0 Å². The van der Waals surface area contributed by atoms with Crippen LogP contribution in [0.2, 0.25) is 0 Å². The van der Waals surface area contributed by atoms with E-state index in [9.17, 15) is 0 Å². The van der Waals surface area contributed by atoms with E-state index in [0.717, 1.165) is 13.1 Å². The van der Waals surface area contributed by atoms with Gasteiger partial charge in [-0.25, -0.2) is 0 Å². The third-order valence-corrected chi connectivity index (χ3v) is 1.60. The largest absolute Gasteiger partial charge is 0.374 e. The molecule has 0 saturated carbocycles. The number of hydrogen-bond acceptors (Lipinski definition) is 1. The third-order valence-electron chi connectivity index (χ3n) is 1.60. The fourth-order valence-corrected chi connectivity index (χ4v) is 0.848. The Hall–Kier alpha value is -0.430. The summed E-state index contributed by atoms with van der Waals surface area (Å²) >= 11 is 0. The molecule has 1 rings (SSSR count). The summed E-state index contributed by atoms with van der Waals surface area (Å²) in [7, 11) is 0. The molecule has 1 aliphatic rings. The fourth-order valence-electron chi connectivity index (χ4n) is 0.848. The van der Waals surface area contributed by atoms with Crippen molar-refractivity contribution in [3.63, 3.8) is 0 Å². The quantitative estimate of drug-likeness (QED) is 0.567. The van der Waals surface area contributed by atoms with Crippen molar-refractivity contribution in [3.8, 4) is 0 Å². The summed E-state index contributed by atoms with van der Waals surface area (Å²) in [6.07, 6.45) is 6.53. The Labute approximate surface area is 68.8 Å². The molecule has 0 N–H and O–H groups in total. The van der Waals surface area contributed by atoms with Gasteiger partial charge >= 0.3 is 0 Å². The van der Waals surface area contributed by atoms with Crippen molar-refractivity contribution in [1.29, 1.82) is 0 Å². The van der Waals surface area contributed by atoms with E-state index in [1.807, 2.05) is 0 Å². The van der Waals surface area contributed by atoms with Crippen LogP contribution in [0.4, 0.5) is 0 Å². The van der Waals surface area contributed by atoms with Crippen molar-refractivity contribution in [3.05, 3.63) is 23.9 Å². The van der Waals surface area contributed by atoms with Crippen LogP contribution in [0.5, 0.6) is 0 Å². The van der Waals surface area contributed by atoms with Crippen molar-refractivity contribution >= 4 is 12.4 Å². The molecule has 0 saturated heterocycles. The average molecular weight is 160 g/mol. The summed E-state index contributed by atoms with van der Waals surface area (Å²) in [5.74, 6) is 0. The SMILES string of the molecule is CCN1C=CC(C)=CC1.Cl. The lowest BCUT2D eigenvalue weighted by Gasteiger charge is -2.19. The van der Waals surface area contributed by atoms with Gasteiger partial charge in [0.2, 0.25) is 0 Å². The molecule has 0 fully saturated rings. The zero-order valence-corrected chi connectivity index (χ0v) is 7.32. The van der Waals surface area contributed by atoms with Crippen LogP contribution in [-0.4, -0.2) is 18.0 Å². The molecule has 0 amide bonds. The van der Waals surface area contributed by atoms with Crippen LogP contribution in [0.15, 0.2) is 23.9 Å². The molecule has 1 nitrogen and oxygen atoms in total. The monoisotopic (exact) mass is 159 g/mol. The summed E-state index contributed by atoms with van der Waals surface area (Å²) < 4.78 is 0. The van der Waals surface area contributed by atoms with Crippen molar-refractivity contribution in [2.24, 2.45) is 0 Å². The summed E-state index contributed by atoms with van der Waals surface area (Å²) in [6.45, 7) is 6.49. The molecule has 0 atom stereocenters. The van der Waals surface area contributed by atoms with Crippen LogP contribution in [0.25, 0.3) is 0 Å². The Morgan fingerprint density at radius 1 is 1.60 bits per heavy atom. The number of halogens is 1. The van der Waals surface area contributed by atoms with E-state index in [1.165, 1.54) is 5.57 Å². The normalized spacial score (nSPS) is 16.2. The molecule has 2 heteroatoms. The van der Waals surface area contributed by atoms with Crippen LogP contribution in [0.3, 0.4) is 0 Å². The first kappa shape index (κ1) is 9.57. The van der Waals surface area contributed by atoms with E-state index in [0.29, 0.717) is 0 Å². The van der Waals surface area contributed by atoms with E-state index in [4.69, 9.17) is 0 Å². The van der Waals surface area contributed by atoms with Gasteiger partial charge in [0.1, 0.15) is 0 Å². The van der Waals surface area contributed by atoms with Gasteiger partial charge in [-0.2, -0.15) is 0 Å². The number of nitrogens with zero attached hydrogens (tertiary/aromatic N) is 1.